The van der Waals surface area contributed by atoms with Crippen LogP contribution in [0.15, 0.2) is 12.4 Å². The van der Waals surface area contributed by atoms with Crippen molar-refractivity contribution in [2.75, 3.05) is 7.05 Å². The summed E-state index contributed by atoms with van der Waals surface area (Å²) in [6.45, 7) is 0. The minimum absolute atomic E-state index is 0.0269. The predicted octanol–water partition coefficient (Wildman–Crippen LogP) is 2.38. The number of hydrogen-bond acceptors (Lipinski definition) is 2. The molecule has 1 fully saturated rings. The zero-order valence-electron chi connectivity index (χ0n) is 11.0. The Bertz CT molecular complexity index is 389. The fraction of sp³-hybridized carbons (Fsp3) is 0.769. The van der Waals surface area contributed by atoms with Crippen LogP contribution in [0.2, 0.25) is 0 Å². The lowest BCUT2D eigenvalue weighted by Gasteiger charge is -2.23. The Morgan fingerprint density at radius 1 is 1.61 bits per heavy atom. The first-order chi connectivity index (χ1) is 8.52. The molecular formula is C13H21F2N3. The lowest BCUT2D eigenvalue weighted by Crippen LogP contribution is -2.33. The summed E-state index contributed by atoms with van der Waals surface area (Å²) in [5.41, 5.74) is 0. The van der Waals surface area contributed by atoms with Crippen molar-refractivity contribution in [2.45, 2.75) is 44.1 Å². The minimum atomic E-state index is -2.46. The van der Waals surface area contributed by atoms with Gasteiger partial charge in [-0.25, -0.2) is 13.8 Å². The third-order valence-corrected chi connectivity index (χ3v) is 3.98. The molecule has 2 atom stereocenters. The van der Waals surface area contributed by atoms with Crippen molar-refractivity contribution in [3.8, 4) is 0 Å². The molecule has 1 aromatic heterocycles. The predicted molar refractivity (Wildman–Crippen MR) is 66.7 cm³/mol. The van der Waals surface area contributed by atoms with Crippen LogP contribution in [0.25, 0.3) is 0 Å². The number of imidazole rings is 1. The van der Waals surface area contributed by atoms with Crippen molar-refractivity contribution in [3.05, 3.63) is 18.2 Å². The molecule has 0 spiro atoms. The van der Waals surface area contributed by atoms with Crippen LogP contribution in [0.4, 0.5) is 8.78 Å². The molecule has 0 amide bonds. The van der Waals surface area contributed by atoms with Crippen LogP contribution in [-0.2, 0) is 13.5 Å². The number of aromatic nitrogens is 2. The highest BCUT2D eigenvalue weighted by Gasteiger charge is 2.41. The zero-order valence-corrected chi connectivity index (χ0v) is 11.0. The fourth-order valence-corrected chi connectivity index (χ4v) is 2.87. The molecule has 1 aromatic rings. The van der Waals surface area contributed by atoms with Gasteiger partial charge in [-0.15, -0.1) is 0 Å². The molecule has 5 heteroatoms. The molecule has 1 saturated carbocycles. The van der Waals surface area contributed by atoms with Gasteiger partial charge in [0.05, 0.1) is 0 Å². The van der Waals surface area contributed by atoms with E-state index >= 15 is 0 Å². The van der Waals surface area contributed by atoms with Crippen LogP contribution in [0.3, 0.4) is 0 Å². The van der Waals surface area contributed by atoms with Crippen LogP contribution in [0.1, 0.15) is 31.5 Å². The average molecular weight is 257 g/mol. The van der Waals surface area contributed by atoms with E-state index in [0.717, 1.165) is 18.7 Å². The number of aryl methyl sites for hydroxylation is 2. The normalized spacial score (nSPS) is 24.3. The third-order valence-electron chi connectivity index (χ3n) is 3.98. The summed E-state index contributed by atoms with van der Waals surface area (Å²) in [7, 11) is 3.82. The number of alkyl halides is 2. The van der Waals surface area contributed by atoms with E-state index in [2.05, 4.69) is 10.3 Å². The molecule has 1 aliphatic rings. The van der Waals surface area contributed by atoms with E-state index in [9.17, 15) is 8.78 Å². The zero-order chi connectivity index (χ0) is 13.2. The van der Waals surface area contributed by atoms with Gasteiger partial charge in [-0.3, -0.25) is 0 Å². The highest BCUT2D eigenvalue weighted by Crippen LogP contribution is 2.40. The van der Waals surface area contributed by atoms with Crippen molar-refractivity contribution >= 4 is 0 Å². The first kappa shape index (κ1) is 13.5. The molecule has 0 saturated heterocycles. The van der Waals surface area contributed by atoms with Crippen molar-refractivity contribution in [1.82, 2.24) is 14.9 Å². The van der Waals surface area contributed by atoms with Gasteiger partial charge in [0.15, 0.2) is 0 Å². The molecule has 1 N–H and O–H groups in total. The first-order valence-electron chi connectivity index (χ1n) is 6.53. The molecular weight excluding hydrogens is 236 g/mol. The van der Waals surface area contributed by atoms with Gasteiger partial charge >= 0.3 is 0 Å². The van der Waals surface area contributed by atoms with Gasteiger partial charge in [0.1, 0.15) is 5.82 Å². The number of hydrogen-bond donors (Lipinski definition) is 1. The summed E-state index contributed by atoms with van der Waals surface area (Å²) in [5, 5.41) is 3.19. The highest BCUT2D eigenvalue weighted by atomic mass is 19.3. The molecule has 0 aliphatic heterocycles. The molecule has 2 rings (SSSR count). The summed E-state index contributed by atoms with van der Waals surface area (Å²) in [5.74, 6) is -1.35. The topological polar surface area (TPSA) is 29.9 Å². The molecule has 1 aliphatic carbocycles. The van der Waals surface area contributed by atoms with Crippen LogP contribution < -0.4 is 5.32 Å². The summed E-state index contributed by atoms with van der Waals surface area (Å²) in [6, 6.07) is 0.162. The molecule has 18 heavy (non-hydrogen) atoms. The Kier molecular flexibility index (Phi) is 4.00. The van der Waals surface area contributed by atoms with Gasteiger partial charge in [0.25, 0.3) is 0 Å². The summed E-state index contributed by atoms with van der Waals surface area (Å²) >= 11 is 0. The van der Waals surface area contributed by atoms with E-state index < -0.39 is 5.92 Å². The Morgan fingerprint density at radius 2 is 2.39 bits per heavy atom. The van der Waals surface area contributed by atoms with Crippen molar-refractivity contribution in [2.24, 2.45) is 13.0 Å². The highest BCUT2D eigenvalue weighted by molar-refractivity contribution is 4.94. The van der Waals surface area contributed by atoms with Crippen molar-refractivity contribution in [3.63, 3.8) is 0 Å². The second-order valence-corrected chi connectivity index (χ2v) is 5.25. The number of nitrogens with one attached hydrogen (secondary N) is 1. The van der Waals surface area contributed by atoms with Crippen LogP contribution in [0.5, 0.6) is 0 Å². The average Bonchev–Trinajstić information content (AvgIpc) is 2.87. The van der Waals surface area contributed by atoms with Gasteiger partial charge in [-0.2, -0.15) is 0 Å². The third kappa shape index (κ3) is 3.07. The SMILES string of the molecule is CNC(CCc1nccn1C)C1CCC(F)(F)C1. The quantitative estimate of drug-likeness (QED) is 0.877. The van der Waals surface area contributed by atoms with E-state index in [4.69, 9.17) is 0 Å². The van der Waals surface area contributed by atoms with E-state index in [1.165, 1.54) is 0 Å². The monoisotopic (exact) mass is 257 g/mol. The summed E-state index contributed by atoms with van der Waals surface area (Å²) in [4.78, 5) is 4.26. The van der Waals surface area contributed by atoms with E-state index in [1.54, 1.807) is 6.20 Å². The molecule has 0 aromatic carbocycles. The second-order valence-electron chi connectivity index (χ2n) is 5.25. The smallest absolute Gasteiger partial charge is 0.248 e. The van der Waals surface area contributed by atoms with Gasteiger partial charge in [0.2, 0.25) is 5.92 Å². The lowest BCUT2D eigenvalue weighted by molar-refractivity contribution is 0.00329. The van der Waals surface area contributed by atoms with Gasteiger partial charge in [0, 0.05) is 44.7 Å². The van der Waals surface area contributed by atoms with E-state index in [0.29, 0.717) is 6.42 Å². The first-order valence-corrected chi connectivity index (χ1v) is 6.53. The Hall–Kier alpha value is -0.970. The van der Waals surface area contributed by atoms with Crippen molar-refractivity contribution in [1.29, 1.82) is 0 Å². The van der Waals surface area contributed by atoms with Gasteiger partial charge in [-0.05, 0) is 25.8 Å². The van der Waals surface area contributed by atoms with Gasteiger partial charge < -0.3 is 9.88 Å². The minimum Gasteiger partial charge on any atom is -0.338 e. The van der Waals surface area contributed by atoms with E-state index in [1.807, 2.05) is 24.9 Å². The maximum atomic E-state index is 13.2. The molecule has 102 valence electrons. The Balaban J connectivity index is 1.88. The fourth-order valence-electron chi connectivity index (χ4n) is 2.87. The molecule has 1 heterocycles. The van der Waals surface area contributed by atoms with Crippen LogP contribution in [-0.4, -0.2) is 28.6 Å². The maximum Gasteiger partial charge on any atom is 0.248 e. The second kappa shape index (κ2) is 5.34. The Morgan fingerprint density at radius 3 is 2.89 bits per heavy atom. The van der Waals surface area contributed by atoms with Crippen molar-refractivity contribution < 1.29 is 8.78 Å². The summed E-state index contributed by atoms with van der Waals surface area (Å²) in [6.07, 6.45) is 6.07. The number of rotatable bonds is 5. The lowest BCUT2D eigenvalue weighted by atomic mass is 9.94. The number of halogens is 2. The van der Waals surface area contributed by atoms with E-state index in [-0.39, 0.29) is 24.8 Å². The summed E-state index contributed by atoms with van der Waals surface area (Å²) < 4.78 is 28.4. The maximum absolute atomic E-state index is 13.2. The van der Waals surface area contributed by atoms with Crippen LogP contribution >= 0.6 is 0 Å². The molecule has 2 unspecified atom stereocenters. The van der Waals surface area contributed by atoms with Crippen LogP contribution in [0, 0.1) is 5.92 Å². The molecule has 0 radical (unpaired) electrons. The number of nitrogens with zero attached hydrogens (tertiary/aromatic N) is 2. The Labute approximate surface area is 107 Å². The molecule has 0 bridgehead atoms. The van der Waals surface area contributed by atoms with Gasteiger partial charge in [-0.1, -0.05) is 0 Å². The largest absolute Gasteiger partial charge is 0.338 e. The standard InChI is InChI=1S/C13H21F2N3/c1-16-11(10-5-6-13(14,15)9-10)3-4-12-17-7-8-18(12)2/h7-8,10-11,16H,3-6,9H2,1-2H3. The molecule has 3 nitrogen and oxygen atoms in total.